The van der Waals surface area contributed by atoms with Gasteiger partial charge in [0.05, 0.1) is 0 Å². The summed E-state index contributed by atoms with van der Waals surface area (Å²) in [5, 5.41) is 2.56. The second-order valence-corrected chi connectivity index (χ2v) is 3.80. The molecule has 1 aliphatic carbocycles. The highest BCUT2D eigenvalue weighted by molar-refractivity contribution is 5.07. The molecule has 0 radical (unpaired) electrons. The Morgan fingerprint density at radius 1 is 1.46 bits per heavy atom. The number of nitrogens with one attached hydrogen (secondary N) is 1. The molecule has 1 atom stereocenters. The van der Waals surface area contributed by atoms with Crippen molar-refractivity contribution in [2.75, 3.05) is 13.1 Å². The van der Waals surface area contributed by atoms with Crippen LogP contribution >= 0.6 is 0 Å². The molecule has 0 heterocycles. The van der Waals surface area contributed by atoms with Crippen LogP contribution in [0.2, 0.25) is 0 Å². The van der Waals surface area contributed by atoms with Crippen molar-refractivity contribution < 1.29 is 13.2 Å². The topological polar surface area (TPSA) is 38.0 Å². The average molecular weight is 196 g/mol. The minimum Gasteiger partial charge on any atom is -0.330 e. The third-order valence-electron chi connectivity index (χ3n) is 2.48. The maximum absolute atomic E-state index is 12.4. The largest absolute Gasteiger partial charge is 0.406 e. The average Bonchev–Trinajstić information content (AvgIpc) is 2.79. The van der Waals surface area contributed by atoms with Gasteiger partial charge < -0.3 is 11.1 Å². The molecule has 0 spiro atoms. The van der Waals surface area contributed by atoms with E-state index in [9.17, 15) is 13.2 Å². The first-order valence-corrected chi connectivity index (χ1v) is 4.43. The van der Waals surface area contributed by atoms with Gasteiger partial charge in [-0.05, 0) is 31.8 Å². The molecule has 78 valence electrons. The van der Waals surface area contributed by atoms with Gasteiger partial charge in [0.15, 0.2) is 0 Å². The van der Waals surface area contributed by atoms with Gasteiger partial charge in [-0.15, -0.1) is 0 Å². The summed E-state index contributed by atoms with van der Waals surface area (Å²) in [5.74, 6) is 0.0971. The van der Waals surface area contributed by atoms with Crippen molar-refractivity contribution in [3.05, 3.63) is 0 Å². The monoisotopic (exact) mass is 196 g/mol. The van der Waals surface area contributed by atoms with Crippen LogP contribution in [0.3, 0.4) is 0 Å². The van der Waals surface area contributed by atoms with Gasteiger partial charge in [0.2, 0.25) is 0 Å². The van der Waals surface area contributed by atoms with E-state index < -0.39 is 11.7 Å². The minimum absolute atomic E-state index is 0.0971. The molecule has 1 unspecified atom stereocenters. The molecule has 1 aliphatic rings. The fraction of sp³-hybridized carbons (Fsp3) is 1.00. The molecule has 13 heavy (non-hydrogen) atoms. The SMILES string of the molecule is CC(CN)CNC1(C(F)(F)F)CC1. The smallest absolute Gasteiger partial charge is 0.330 e. The van der Waals surface area contributed by atoms with Crippen LogP contribution in [0.1, 0.15) is 19.8 Å². The quantitative estimate of drug-likeness (QED) is 0.710. The van der Waals surface area contributed by atoms with E-state index in [1.54, 1.807) is 0 Å². The van der Waals surface area contributed by atoms with Gasteiger partial charge >= 0.3 is 6.18 Å². The van der Waals surface area contributed by atoms with E-state index in [1.807, 2.05) is 6.92 Å². The van der Waals surface area contributed by atoms with Crippen LogP contribution in [0.15, 0.2) is 0 Å². The highest BCUT2D eigenvalue weighted by Crippen LogP contribution is 2.48. The van der Waals surface area contributed by atoms with E-state index in [-0.39, 0.29) is 18.8 Å². The second-order valence-electron chi connectivity index (χ2n) is 3.80. The fourth-order valence-electron chi connectivity index (χ4n) is 1.14. The predicted octanol–water partition coefficient (Wildman–Crippen LogP) is 1.27. The van der Waals surface area contributed by atoms with Gasteiger partial charge in [0.25, 0.3) is 0 Å². The van der Waals surface area contributed by atoms with E-state index in [1.165, 1.54) is 0 Å². The molecular formula is C8H15F3N2. The fourth-order valence-corrected chi connectivity index (χ4v) is 1.14. The Hall–Kier alpha value is -0.290. The molecule has 0 aromatic carbocycles. The Kier molecular flexibility index (Phi) is 2.87. The summed E-state index contributed by atoms with van der Waals surface area (Å²) in [6.07, 6.45) is -3.71. The Morgan fingerprint density at radius 3 is 2.31 bits per heavy atom. The van der Waals surface area contributed by atoms with Crippen molar-refractivity contribution >= 4 is 0 Å². The Labute approximate surface area is 75.7 Å². The molecular weight excluding hydrogens is 181 g/mol. The highest BCUT2D eigenvalue weighted by atomic mass is 19.4. The molecule has 0 aromatic rings. The van der Waals surface area contributed by atoms with Crippen LogP contribution in [0.5, 0.6) is 0 Å². The van der Waals surface area contributed by atoms with E-state index in [0.29, 0.717) is 13.1 Å². The van der Waals surface area contributed by atoms with Crippen LogP contribution < -0.4 is 11.1 Å². The third kappa shape index (κ3) is 2.34. The molecule has 5 heteroatoms. The van der Waals surface area contributed by atoms with Crippen LogP contribution in [-0.4, -0.2) is 24.8 Å². The molecule has 0 saturated heterocycles. The van der Waals surface area contributed by atoms with E-state index >= 15 is 0 Å². The lowest BCUT2D eigenvalue weighted by Gasteiger charge is -2.22. The first-order valence-electron chi connectivity index (χ1n) is 4.43. The second kappa shape index (κ2) is 3.46. The van der Waals surface area contributed by atoms with Crippen molar-refractivity contribution in [3.8, 4) is 0 Å². The van der Waals surface area contributed by atoms with Crippen molar-refractivity contribution in [2.24, 2.45) is 11.7 Å². The lowest BCUT2D eigenvalue weighted by Crippen LogP contribution is -2.47. The van der Waals surface area contributed by atoms with Crippen LogP contribution in [0, 0.1) is 5.92 Å². The molecule has 3 N–H and O–H groups in total. The lowest BCUT2D eigenvalue weighted by molar-refractivity contribution is -0.166. The van der Waals surface area contributed by atoms with Crippen molar-refractivity contribution in [1.82, 2.24) is 5.32 Å². The summed E-state index contributed by atoms with van der Waals surface area (Å²) in [6.45, 7) is 2.59. The Bertz CT molecular complexity index is 175. The number of halogens is 3. The van der Waals surface area contributed by atoms with Crippen LogP contribution in [0.4, 0.5) is 13.2 Å². The zero-order chi connectivity index (χ0) is 10.1. The van der Waals surface area contributed by atoms with Gasteiger partial charge in [0, 0.05) is 0 Å². The summed E-state index contributed by atoms with van der Waals surface area (Å²) in [4.78, 5) is 0. The van der Waals surface area contributed by atoms with Crippen molar-refractivity contribution in [1.29, 1.82) is 0 Å². The van der Waals surface area contributed by atoms with Crippen LogP contribution in [-0.2, 0) is 0 Å². The lowest BCUT2D eigenvalue weighted by atomic mass is 10.1. The van der Waals surface area contributed by atoms with E-state index in [4.69, 9.17) is 5.73 Å². The van der Waals surface area contributed by atoms with Crippen molar-refractivity contribution in [3.63, 3.8) is 0 Å². The van der Waals surface area contributed by atoms with Crippen molar-refractivity contribution in [2.45, 2.75) is 31.5 Å². The standard InChI is InChI=1S/C8H15F3N2/c1-6(4-12)5-13-7(2-3-7)8(9,10)11/h6,13H,2-5,12H2,1H3. The molecule has 1 saturated carbocycles. The van der Waals surface area contributed by atoms with Crippen LogP contribution in [0.25, 0.3) is 0 Å². The first-order chi connectivity index (χ1) is 5.91. The molecule has 2 nitrogen and oxygen atoms in total. The van der Waals surface area contributed by atoms with E-state index in [0.717, 1.165) is 0 Å². The normalized spacial score (nSPS) is 22.8. The number of hydrogen-bond acceptors (Lipinski definition) is 2. The third-order valence-corrected chi connectivity index (χ3v) is 2.48. The summed E-state index contributed by atoms with van der Waals surface area (Å²) in [6, 6.07) is 0. The Balaban J connectivity index is 2.36. The Morgan fingerprint density at radius 2 is 2.00 bits per heavy atom. The number of alkyl halides is 3. The highest BCUT2D eigenvalue weighted by Gasteiger charge is 2.62. The zero-order valence-electron chi connectivity index (χ0n) is 7.62. The molecule has 1 fully saturated rings. The first kappa shape index (κ1) is 10.8. The maximum atomic E-state index is 12.4. The summed E-state index contributed by atoms with van der Waals surface area (Å²) < 4.78 is 37.1. The molecule has 0 aliphatic heterocycles. The predicted molar refractivity (Wildman–Crippen MR) is 44.2 cm³/mol. The number of rotatable bonds is 4. The van der Waals surface area contributed by atoms with E-state index in [2.05, 4.69) is 5.32 Å². The number of nitrogens with two attached hydrogens (primary N) is 1. The summed E-state index contributed by atoms with van der Waals surface area (Å²) in [7, 11) is 0. The number of hydrogen-bond donors (Lipinski definition) is 2. The van der Waals surface area contributed by atoms with Gasteiger partial charge in [-0.3, -0.25) is 0 Å². The summed E-state index contributed by atoms with van der Waals surface area (Å²) >= 11 is 0. The van der Waals surface area contributed by atoms with Gasteiger partial charge in [-0.1, -0.05) is 6.92 Å². The molecule has 1 rings (SSSR count). The molecule has 0 amide bonds. The maximum Gasteiger partial charge on any atom is 0.406 e. The minimum atomic E-state index is -4.11. The summed E-state index contributed by atoms with van der Waals surface area (Å²) in [5.41, 5.74) is 3.72. The molecule has 0 bridgehead atoms. The molecule has 0 aromatic heterocycles. The van der Waals surface area contributed by atoms with Gasteiger partial charge in [-0.25, -0.2) is 0 Å². The zero-order valence-corrected chi connectivity index (χ0v) is 7.62. The van der Waals surface area contributed by atoms with Gasteiger partial charge in [-0.2, -0.15) is 13.2 Å². The van der Waals surface area contributed by atoms with Gasteiger partial charge in [0.1, 0.15) is 5.54 Å².